The van der Waals surface area contributed by atoms with Gasteiger partial charge >= 0.3 is 6.09 Å². The Balaban J connectivity index is 1.51. The van der Waals surface area contributed by atoms with Crippen molar-refractivity contribution in [1.29, 1.82) is 0 Å². The lowest BCUT2D eigenvalue weighted by Gasteiger charge is -2.37. The van der Waals surface area contributed by atoms with Crippen LogP contribution in [0.15, 0.2) is 42.5 Å². The molecule has 0 spiro atoms. The molecule has 10 nitrogen and oxygen atoms in total. The normalized spacial score (nSPS) is 19.4. The number of amides is 3. The van der Waals surface area contributed by atoms with Crippen molar-refractivity contribution in [3.8, 4) is 5.75 Å². The predicted molar refractivity (Wildman–Crippen MR) is 146 cm³/mol. The molecule has 4 rings (SSSR count). The van der Waals surface area contributed by atoms with Crippen LogP contribution in [0.25, 0.3) is 0 Å². The molecule has 11 heteroatoms. The van der Waals surface area contributed by atoms with E-state index in [2.05, 4.69) is 49.5 Å². The molecule has 0 saturated carbocycles. The highest BCUT2D eigenvalue weighted by Gasteiger charge is 2.46. The second kappa shape index (κ2) is 10.7. The molecule has 1 atom stereocenters. The largest absolute Gasteiger partial charge is 0.480 e. The number of hydrogen-bond donors (Lipinski definition) is 2. The lowest BCUT2D eigenvalue weighted by molar-refractivity contribution is -0.119. The number of aromatic nitrogens is 1. The smallest absolute Gasteiger partial charge is 0.407 e. The molecule has 204 valence electrons. The number of nitrogens with zero attached hydrogens (tertiary/aromatic N) is 2. The summed E-state index contributed by atoms with van der Waals surface area (Å²) < 4.78 is 17.3. The Morgan fingerprint density at radius 3 is 2.63 bits per heavy atom. The Labute approximate surface area is 224 Å². The van der Waals surface area contributed by atoms with Crippen molar-refractivity contribution in [2.24, 2.45) is 0 Å². The summed E-state index contributed by atoms with van der Waals surface area (Å²) in [6.07, 6.45) is -0.113. The fourth-order valence-electron chi connectivity index (χ4n) is 4.15. The number of ether oxygens (including phenoxy) is 2. The van der Waals surface area contributed by atoms with Crippen LogP contribution in [0.1, 0.15) is 39.2 Å². The van der Waals surface area contributed by atoms with E-state index >= 15 is 0 Å². The fourth-order valence-corrected chi connectivity index (χ4v) is 5.20. The summed E-state index contributed by atoms with van der Waals surface area (Å²) in [4.78, 5) is 43.9. The molecule has 0 radical (unpaired) electrons. The maximum atomic E-state index is 13.2. The van der Waals surface area contributed by atoms with Gasteiger partial charge in [-0.1, -0.05) is 51.1 Å². The van der Waals surface area contributed by atoms with Crippen LogP contribution in [0.3, 0.4) is 0 Å². The van der Waals surface area contributed by atoms with Gasteiger partial charge in [0.15, 0.2) is 26.5 Å². The van der Waals surface area contributed by atoms with Crippen molar-refractivity contribution in [1.82, 2.24) is 10.3 Å². The van der Waals surface area contributed by atoms with Crippen LogP contribution >= 0.6 is 0 Å². The summed E-state index contributed by atoms with van der Waals surface area (Å²) in [5.41, 5.74) is -0.0468. The molecule has 2 aliphatic heterocycles. The van der Waals surface area contributed by atoms with Gasteiger partial charge in [-0.3, -0.25) is 14.5 Å². The fraction of sp³-hybridized carbons (Fsp3) is 0.481. The average Bonchev–Trinajstić information content (AvgIpc) is 3.17. The van der Waals surface area contributed by atoms with E-state index in [4.69, 9.17) is 13.9 Å². The zero-order chi connectivity index (χ0) is 27.6. The van der Waals surface area contributed by atoms with Crippen LogP contribution in [-0.4, -0.2) is 56.5 Å². The van der Waals surface area contributed by atoms with Gasteiger partial charge in [0.2, 0.25) is 5.91 Å². The number of alkyl carbamates (subject to hydrolysis) is 1. The SMILES string of the molecule is CC(C)(C)[Si](C)(C)OCCC1(NC(=O)OCc2ccccc2)CC(=O)N(c2ccc3c(n2)NC(=O)CO3)C1. The number of hydrogen-bond acceptors (Lipinski definition) is 7. The molecule has 0 aliphatic carbocycles. The number of rotatable bonds is 8. The van der Waals surface area contributed by atoms with Crippen molar-refractivity contribution in [2.45, 2.75) is 63.9 Å². The summed E-state index contributed by atoms with van der Waals surface area (Å²) in [7, 11) is -2.04. The lowest BCUT2D eigenvalue weighted by atomic mass is 9.94. The minimum absolute atomic E-state index is 0.0271. The highest BCUT2D eigenvalue weighted by molar-refractivity contribution is 6.74. The van der Waals surface area contributed by atoms with Gasteiger partial charge in [0.25, 0.3) is 5.91 Å². The summed E-state index contributed by atoms with van der Waals surface area (Å²) in [5, 5.41) is 5.67. The van der Waals surface area contributed by atoms with E-state index < -0.39 is 19.9 Å². The molecule has 1 saturated heterocycles. The zero-order valence-corrected chi connectivity index (χ0v) is 23.6. The first kappa shape index (κ1) is 27.6. The van der Waals surface area contributed by atoms with Crippen LogP contribution in [0.2, 0.25) is 18.1 Å². The van der Waals surface area contributed by atoms with E-state index in [0.717, 1.165) is 5.56 Å². The van der Waals surface area contributed by atoms with Gasteiger partial charge in [-0.25, -0.2) is 9.78 Å². The lowest BCUT2D eigenvalue weighted by Crippen LogP contribution is -2.52. The average molecular weight is 541 g/mol. The molecule has 1 fully saturated rings. The second-order valence-electron chi connectivity index (χ2n) is 11.3. The number of fused-ring (bicyclic) bond motifs is 1. The number of carbonyl (C=O) groups is 3. The molecule has 2 N–H and O–H groups in total. The Morgan fingerprint density at radius 2 is 1.92 bits per heavy atom. The third kappa shape index (κ3) is 6.33. The quantitative estimate of drug-likeness (QED) is 0.481. The second-order valence-corrected chi connectivity index (χ2v) is 16.1. The van der Waals surface area contributed by atoms with Crippen LogP contribution in [0.5, 0.6) is 5.75 Å². The highest BCUT2D eigenvalue weighted by atomic mass is 28.4. The summed E-state index contributed by atoms with van der Waals surface area (Å²) in [6.45, 7) is 11.4. The molecule has 3 amide bonds. The number of carbonyl (C=O) groups excluding carboxylic acids is 3. The third-order valence-electron chi connectivity index (χ3n) is 7.42. The van der Waals surface area contributed by atoms with E-state index in [0.29, 0.717) is 24.6 Å². The highest BCUT2D eigenvalue weighted by Crippen LogP contribution is 2.38. The molecule has 2 aliphatic rings. The zero-order valence-electron chi connectivity index (χ0n) is 22.6. The molecule has 1 aromatic heterocycles. The van der Waals surface area contributed by atoms with E-state index in [1.165, 1.54) is 4.90 Å². The summed E-state index contributed by atoms with van der Waals surface area (Å²) in [6, 6.07) is 12.7. The number of pyridine rings is 1. The molecule has 3 heterocycles. The minimum atomic E-state index is -2.04. The van der Waals surface area contributed by atoms with Crippen molar-refractivity contribution >= 4 is 37.9 Å². The van der Waals surface area contributed by atoms with Gasteiger partial charge in [-0.2, -0.15) is 0 Å². The van der Waals surface area contributed by atoms with Crippen molar-refractivity contribution in [3.05, 3.63) is 48.0 Å². The van der Waals surface area contributed by atoms with Gasteiger partial charge in [0, 0.05) is 6.61 Å². The number of benzene rings is 1. The van der Waals surface area contributed by atoms with Crippen molar-refractivity contribution in [2.75, 3.05) is 30.0 Å². The third-order valence-corrected chi connectivity index (χ3v) is 12.0. The first-order valence-electron chi connectivity index (χ1n) is 12.7. The molecule has 1 aromatic carbocycles. The molecule has 1 unspecified atom stereocenters. The molecular weight excluding hydrogens is 504 g/mol. The van der Waals surface area contributed by atoms with E-state index in [1.807, 2.05) is 30.3 Å². The van der Waals surface area contributed by atoms with Crippen LogP contribution in [0.4, 0.5) is 16.4 Å². The molecule has 2 aromatic rings. The first-order valence-corrected chi connectivity index (χ1v) is 15.7. The number of nitrogens with one attached hydrogen (secondary N) is 2. The number of anilines is 2. The topological polar surface area (TPSA) is 119 Å². The Bertz CT molecular complexity index is 1200. The van der Waals surface area contributed by atoms with Crippen molar-refractivity contribution in [3.63, 3.8) is 0 Å². The van der Waals surface area contributed by atoms with Gasteiger partial charge < -0.3 is 24.5 Å². The van der Waals surface area contributed by atoms with Gasteiger partial charge in [0.1, 0.15) is 12.4 Å². The maximum Gasteiger partial charge on any atom is 0.407 e. The van der Waals surface area contributed by atoms with Gasteiger partial charge in [0.05, 0.1) is 18.5 Å². The Kier molecular flexibility index (Phi) is 7.79. The van der Waals surface area contributed by atoms with Crippen LogP contribution in [0, 0.1) is 0 Å². The summed E-state index contributed by atoms with van der Waals surface area (Å²) in [5.74, 6) is 0.564. The first-order chi connectivity index (χ1) is 17.9. The minimum Gasteiger partial charge on any atom is -0.480 e. The monoisotopic (exact) mass is 540 g/mol. The van der Waals surface area contributed by atoms with Gasteiger partial charge in [-0.05, 0) is 42.2 Å². The standard InChI is InChI=1S/C27H36N4O6Si/c1-26(2,3)38(4,5)37-14-13-27(30-25(34)36-16-19-9-7-6-8-10-19)15-23(33)31(18-27)21-12-11-20-24(28-21)29-22(32)17-35-20/h6-12H,13-18H2,1-5H3,(H,30,34)(H,28,29,32). The predicted octanol–water partition coefficient (Wildman–Crippen LogP) is 4.23. The maximum absolute atomic E-state index is 13.2. The molecular formula is C27H36N4O6Si. The van der Waals surface area contributed by atoms with Crippen LogP contribution in [-0.2, 0) is 25.4 Å². The Morgan fingerprint density at radius 1 is 1.18 bits per heavy atom. The van der Waals surface area contributed by atoms with E-state index in [1.54, 1.807) is 12.1 Å². The molecule has 38 heavy (non-hydrogen) atoms. The van der Waals surface area contributed by atoms with Gasteiger partial charge in [-0.15, -0.1) is 0 Å². The molecule has 0 bridgehead atoms. The van der Waals surface area contributed by atoms with E-state index in [9.17, 15) is 14.4 Å². The van der Waals surface area contributed by atoms with Crippen LogP contribution < -0.4 is 20.3 Å². The Hall–Kier alpha value is -3.44. The summed E-state index contributed by atoms with van der Waals surface area (Å²) >= 11 is 0. The van der Waals surface area contributed by atoms with Crippen molar-refractivity contribution < 1.29 is 28.3 Å². The van der Waals surface area contributed by atoms with E-state index in [-0.39, 0.29) is 48.8 Å².